The number of ether oxygens (including phenoxy) is 1. The van der Waals surface area contributed by atoms with Crippen LogP contribution in [-0.2, 0) is 16.6 Å². The second kappa shape index (κ2) is 8.53. The Bertz CT molecular complexity index is 1290. The van der Waals surface area contributed by atoms with Crippen LogP contribution in [0.2, 0.25) is 0 Å². The van der Waals surface area contributed by atoms with E-state index in [0.29, 0.717) is 23.6 Å². The van der Waals surface area contributed by atoms with Gasteiger partial charge in [0.15, 0.2) is 0 Å². The number of sulfonamides is 1. The molecule has 170 valence electrons. The van der Waals surface area contributed by atoms with E-state index in [1.54, 1.807) is 36.2 Å². The summed E-state index contributed by atoms with van der Waals surface area (Å²) in [5.74, 6) is 0.963. The van der Waals surface area contributed by atoms with Gasteiger partial charge in [0.05, 0.1) is 11.9 Å². The fourth-order valence-electron chi connectivity index (χ4n) is 4.42. The fourth-order valence-corrected chi connectivity index (χ4v) is 5.88. The first-order valence-corrected chi connectivity index (χ1v) is 12.4. The minimum Gasteiger partial charge on any atom is -0.457 e. The average molecular weight is 464 g/mol. The van der Waals surface area contributed by atoms with E-state index in [1.807, 2.05) is 48.5 Å². The lowest BCUT2D eigenvalue weighted by molar-refractivity contribution is 0.0785. The van der Waals surface area contributed by atoms with Crippen molar-refractivity contribution in [3.63, 3.8) is 0 Å². The molecule has 8 heteroatoms. The molecule has 3 aromatic carbocycles. The van der Waals surface area contributed by atoms with E-state index in [9.17, 15) is 13.2 Å². The standard InChI is InChI=1S/C25H25N3O4S/c1-27(25(29)19-8-3-2-4-9-19)17-18-7-5-10-20(15-18)32-21-12-13-22-23(16-21)33(30,31)26-24-11-6-14-28(22)24/h2-5,7-10,12-13,15-16,24,26H,6,11,14,17H2,1H3. The van der Waals surface area contributed by atoms with Crippen LogP contribution in [0.25, 0.3) is 0 Å². The first-order chi connectivity index (χ1) is 15.9. The van der Waals surface area contributed by atoms with Crippen molar-refractivity contribution in [3.05, 3.63) is 83.9 Å². The van der Waals surface area contributed by atoms with Crippen molar-refractivity contribution in [3.8, 4) is 11.5 Å². The van der Waals surface area contributed by atoms with Gasteiger partial charge in [0, 0.05) is 31.8 Å². The van der Waals surface area contributed by atoms with Crippen LogP contribution in [0.3, 0.4) is 0 Å². The molecule has 1 amide bonds. The second-order valence-corrected chi connectivity index (χ2v) is 10.1. The maximum absolute atomic E-state index is 12.7. The van der Waals surface area contributed by atoms with Gasteiger partial charge in [-0.25, -0.2) is 8.42 Å². The zero-order chi connectivity index (χ0) is 23.0. The predicted octanol–water partition coefficient (Wildman–Crippen LogP) is 3.97. The van der Waals surface area contributed by atoms with Gasteiger partial charge < -0.3 is 14.5 Å². The number of benzene rings is 3. The molecule has 1 N–H and O–H groups in total. The van der Waals surface area contributed by atoms with Crippen molar-refractivity contribution < 1.29 is 17.9 Å². The molecule has 3 aromatic rings. The summed E-state index contributed by atoms with van der Waals surface area (Å²) in [5.41, 5.74) is 2.27. The van der Waals surface area contributed by atoms with Gasteiger partial charge in [-0.2, -0.15) is 4.72 Å². The molecule has 1 fully saturated rings. The summed E-state index contributed by atoms with van der Waals surface area (Å²) in [6.45, 7) is 1.25. The van der Waals surface area contributed by atoms with Crippen LogP contribution in [0.15, 0.2) is 77.7 Å². The third-order valence-corrected chi connectivity index (χ3v) is 7.48. The zero-order valence-corrected chi connectivity index (χ0v) is 19.1. The summed E-state index contributed by atoms with van der Waals surface area (Å²) in [5, 5.41) is 0. The summed E-state index contributed by atoms with van der Waals surface area (Å²) in [7, 11) is -1.83. The SMILES string of the molecule is CN(Cc1cccc(Oc2ccc3c(c2)S(=O)(=O)NC2CCCN32)c1)C(=O)c1ccccc1. The van der Waals surface area contributed by atoms with Crippen LogP contribution < -0.4 is 14.4 Å². The Morgan fingerprint density at radius 1 is 1.06 bits per heavy atom. The van der Waals surface area contributed by atoms with Crippen molar-refractivity contribution in [1.82, 2.24) is 9.62 Å². The van der Waals surface area contributed by atoms with E-state index >= 15 is 0 Å². The Morgan fingerprint density at radius 3 is 2.67 bits per heavy atom. The Kier molecular flexibility index (Phi) is 5.55. The molecule has 0 spiro atoms. The highest BCUT2D eigenvalue weighted by Crippen LogP contribution is 2.38. The van der Waals surface area contributed by atoms with E-state index in [4.69, 9.17) is 4.74 Å². The molecular formula is C25H25N3O4S. The van der Waals surface area contributed by atoms with Gasteiger partial charge in [0.1, 0.15) is 16.4 Å². The number of carbonyl (C=O) groups excluding carboxylic acids is 1. The Morgan fingerprint density at radius 2 is 1.85 bits per heavy atom. The van der Waals surface area contributed by atoms with Crippen molar-refractivity contribution in [2.75, 3.05) is 18.5 Å². The topological polar surface area (TPSA) is 79.0 Å². The highest BCUT2D eigenvalue weighted by Gasteiger charge is 2.37. The van der Waals surface area contributed by atoms with Gasteiger partial charge >= 0.3 is 0 Å². The first-order valence-electron chi connectivity index (χ1n) is 10.9. The van der Waals surface area contributed by atoms with Crippen LogP contribution in [0, 0.1) is 0 Å². The summed E-state index contributed by atoms with van der Waals surface area (Å²) in [6, 6.07) is 21.8. The fraction of sp³-hybridized carbons (Fsp3) is 0.240. The van der Waals surface area contributed by atoms with Gasteiger partial charge in [-0.3, -0.25) is 4.79 Å². The number of nitrogens with zero attached hydrogens (tertiary/aromatic N) is 2. The normalized spacial score (nSPS) is 18.3. The van der Waals surface area contributed by atoms with Crippen molar-refractivity contribution in [2.24, 2.45) is 0 Å². The average Bonchev–Trinajstić information content (AvgIpc) is 3.27. The number of hydrogen-bond acceptors (Lipinski definition) is 5. The maximum Gasteiger partial charge on any atom is 0.253 e. The molecule has 5 rings (SSSR count). The Balaban J connectivity index is 1.34. The molecule has 1 unspecified atom stereocenters. The summed E-state index contributed by atoms with van der Waals surface area (Å²) < 4.78 is 34.3. The lowest BCUT2D eigenvalue weighted by Gasteiger charge is -2.33. The number of carbonyl (C=O) groups is 1. The summed E-state index contributed by atoms with van der Waals surface area (Å²) in [4.78, 5) is 16.6. The Hall–Kier alpha value is -3.36. The van der Waals surface area contributed by atoms with Crippen LogP contribution in [0.5, 0.6) is 11.5 Å². The number of anilines is 1. The van der Waals surface area contributed by atoms with Gasteiger partial charge in [-0.15, -0.1) is 0 Å². The monoisotopic (exact) mass is 463 g/mol. The van der Waals surface area contributed by atoms with E-state index < -0.39 is 10.0 Å². The molecule has 2 heterocycles. The molecule has 0 radical (unpaired) electrons. The van der Waals surface area contributed by atoms with Crippen LogP contribution >= 0.6 is 0 Å². The van der Waals surface area contributed by atoms with Gasteiger partial charge in [0.2, 0.25) is 10.0 Å². The quantitative estimate of drug-likeness (QED) is 0.620. The minimum absolute atomic E-state index is 0.0606. The van der Waals surface area contributed by atoms with Crippen molar-refractivity contribution >= 4 is 21.6 Å². The van der Waals surface area contributed by atoms with E-state index in [-0.39, 0.29) is 17.0 Å². The molecule has 0 aromatic heterocycles. The van der Waals surface area contributed by atoms with Crippen molar-refractivity contribution in [1.29, 1.82) is 0 Å². The largest absolute Gasteiger partial charge is 0.457 e. The lowest BCUT2D eigenvalue weighted by Crippen LogP contribution is -2.48. The molecule has 2 aliphatic heterocycles. The van der Waals surface area contributed by atoms with E-state index in [2.05, 4.69) is 9.62 Å². The maximum atomic E-state index is 12.7. The number of amides is 1. The third kappa shape index (κ3) is 4.31. The molecule has 0 saturated carbocycles. The molecule has 0 aliphatic carbocycles. The molecule has 1 atom stereocenters. The molecule has 0 bridgehead atoms. The molecule has 33 heavy (non-hydrogen) atoms. The molecule has 2 aliphatic rings. The van der Waals surface area contributed by atoms with E-state index in [0.717, 1.165) is 30.6 Å². The Labute approximate surface area is 193 Å². The molecular weight excluding hydrogens is 438 g/mol. The summed E-state index contributed by atoms with van der Waals surface area (Å²) in [6.07, 6.45) is 1.60. The number of hydrogen-bond donors (Lipinski definition) is 1. The number of fused-ring (bicyclic) bond motifs is 3. The highest BCUT2D eigenvalue weighted by atomic mass is 32.2. The van der Waals surface area contributed by atoms with Crippen LogP contribution in [0.4, 0.5) is 5.69 Å². The van der Waals surface area contributed by atoms with Gasteiger partial charge in [0.25, 0.3) is 5.91 Å². The smallest absolute Gasteiger partial charge is 0.253 e. The third-order valence-electron chi connectivity index (χ3n) is 6.00. The first kappa shape index (κ1) is 21.5. The van der Waals surface area contributed by atoms with Crippen molar-refractivity contribution in [2.45, 2.75) is 30.4 Å². The predicted molar refractivity (Wildman–Crippen MR) is 126 cm³/mol. The second-order valence-electron chi connectivity index (χ2n) is 8.38. The summed E-state index contributed by atoms with van der Waals surface area (Å²) >= 11 is 0. The lowest BCUT2D eigenvalue weighted by atomic mass is 10.1. The zero-order valence-electron chi connectivity index (χ0n) is 18.3. The molecule has 7 nitrogen and oxygen atoms in total. The van der Waals surface area contributed by atoms with Gasteiger partial charge in [-0.1, -0.05) is 30.3 Å². The number of rotatable bonds is 5. The van der Waals surface area contributed by atoms with Crippen LogP contribution in [-0.4, -0.2) is 39.0 Å². The van der Waals surface area contributed by atoms with E-state index in [1.165, 1.54) is 0 Å². The minimum atomic E-state index is -3.59. The molecule has 1 saturated heterocycles. The van der Waals surface area contributed by atoms with Gasteiger partial charge in [-0.05, 0) is 54.8 Å². The van der Waals surface area contributed by atoms with Crippen LogP contribution in [0.1, 0.15) is 28.8 Å². The number of nitrogens with one attached hydrogen (secondary N) is 1. The highest BCUT2D eigenvalue weighted by molar-refractivity contribution is 7.89.